The fourth-order valence-electron chi connectivity index (χ4n) is 4.41. The average Bonchev–Trinajstić information content (AvgIpc) is 3.38. The van der Waals surface area contributed by atoms with E-state index in [4.69, 9.17) is 14.2 Å². The number of guanidine groups is 1. The molecule has 0 amide bonds. The van der Waals surface area contributed by atoms with Gasteiger partial charge in [0.2, 0.25) is 0 Å². The second-order valence-corrected chi connectivity index (χ2v) is 8.31. The lowest BCUT2D eigenvalue weighted by Crippen LogP contribution is -2.41. The lowest BCUT2D eigenvalue weighted by Gasteiger charge is -2.25. The summed E-state index contributed by atoms with van der Waals surface area (Å²) < 4.78 is 17.0. The Labute approximate surface area is 168 Å². The van der Waals surface area contributed by atoms with Gasteiger partial charge < -0.3 is 24.4 Å². The summed E-state index contributed by atoms with van der Waals surface area (Å²) in [6.07, 6.45) is 4.73. The maximum atomic E-state index is 6.01. The second-order valence-electron chi connectivity index (χ2n) is 8.31. The molecule has 1 spiro atoms. The molecule has 1 atom stereocenters. The van der Waals surface area contributed by atoms with Crippen LogP contribution in [-0.4, -0.2) is 63.5 Å². The van der Waals surface area contributed by atoms with Crippen LogP contribution in [0.4, 0.5) is 0 Å². The van der Waals surface area contributed by atoms with E-state index in [9.17, 15) is 0 Å². The van der Waals surface area contributed by atoms with Gasteiger partial charge in [-0.2, -0.15) is 0 Å². The van der Waals surface area contributed by atoms with E-state index in [1.54, 1.807) is 0 Å². The highest BCUT2D eigenvalue weighted by molar-refractivity contribution is 5.80. The average molecular weight is 388 g/mol. The third-order valence-electron chi connectivity index (χ3n) is 6.26. The lowest BCUT2D eigenvalue weighted by atomic mass is 9.87. The van der Waals surface area contributed by atoms with Crippen LogP contribution in [0, 0.1) is 5.41 Å². The van der Waals surface area contributed by atoms with Crippen LogP contribution in [0.25, 0.3) is 0 Å². The first kappa shape index (κ1) is 19.7. The molecule has 6 heteroatoms. The molecule has 1 aromatic carbocycles. The predicted octanol–water partition coefficient (Wildman–Crippen LogP) is 2.57. The Morgan fingerprint density at radius 2 is 1.93 bits per heavy atom. The summed E-state index contributed by atoms with van der Waals surface area (Å²) in [7, 11) is 1.87. The van der Waals surface area contributed by atoms with E-state index in [0.29, 0.717) is 18.1 Å². The van der Waals surface area contributed by atoms with Crippen LogP contribution < -0.4 is 5.32 Å². The van der Waals surface area contributed by atoms with Crippen LogP contribution in [0.2, 0.25) is 0 Å². The van der Waals surface area contributed by atoms with Gasteiger partial charge in [-0.15, -0.1) is 0 Å². The van der Waals surface area contributed by atoms with E-state index in [2.05, 4.69) is 39.5 Å². The first-order valence-electron chi connectivity index (χ1n) is 10.6. The highest BCUT2D eigenvalue weighted by Gasteiger charge is 2.42. The van der Waals surface area contributed by atoms with Crippen molar-refractivity contribution in [2.45, 2.75) is 44.9 Å². The Hall–Kier alpha value is -1.63. The first-order chi connectivity index (χ1) is 13.8. The van der Waals surface area contributed by atoms with E-state index >= 15 is 0 Å². The molecular weight excluding hydrogens is 354 g/mol. The van der Waals surface area contributed by atoms with Crippen LogP contribution >= 0.6 is 0 Å². The monoisotopic (exact) mass is 387 g/mol. The Balaban J connectivity index is 1.23. The minimum Gasteiger partial charge on any atom is -0.381 e. The van der Waals surface area contributed by atoms with Crippen molar-refractivity contribution < 1.29 is 14.2 Å². The maximum absolute atomic E-state index is 6.01. The summed E-state index contributed by atoms with van der Waals surface area (Å²) in [5, 5.41) is 3.53. The number of ether oxygens (including phenoxy) is 3. The molecule has 0 aliphatic carbocycles. The number of likely N-dealkylation sites (tertiary alicyclic amines) is 1. The largest absolute Gasteiger partial charge is 0.381 e. The van der Waals surface area contributed by atoms with E-state index in [1.807, 2.05) is 7.05 Å². The van der Waals surface area contributed by atoms with Crippen molar-refractivity contribution in [1.82, 2.24) is 10.2 Å². The molecule has 3 heterocycles. The quantitative estimate of drug-likeness (QED) is 0.622. The van der Waals surface area contributed by atoms with Crippen molar-refractivity contribution in [1.29, 1.82) is 0 Å². The fourth-order valence-corrected chi connectivity index (χ4v) is 4.41. The highest BCUT2D eigenvalue weighted by Crippen LogP contribution is 2.38. The first-order valence-corrected chi connectivity index (χ1v) is 10.6. The predicted molar refractivity (Wildman–Crippen MR) is 109 cm³/mol. The second kappa shape index (κ2) is 9.25. The standard InChI is InChI=1S/C22H33N3O3/c1-23-21(25-10-8-22(16-25)9-13-27-17-22)24-14-18-2-4-19(5-3-18)15-28-20-6-11-26-12-7-20/h2-5,20H,6-17H2,1H3,(H,23,24). The number of aliphatic imine (C=N–C) groups is 1. The number of rotatable bonds is 5. The van der Waals surface area contributed by atoms with Gasteiger partial charge in [0.1, 0.15) is 0 Å². The molecule has 1 aromatic rings. The smallest absolute Gasteiger partial charge is 0.193 e. The van der Waals surface area contributed by atoms with Crippen molar-refractivity contribution in [3.8, 4) is 0 Å². The molecule has 3 saturated heterocycles. The van der Waals surface area contributed by atoms with Gasteiger partial charge in [0.05, 0.1) is 19.3 Å². The molecular formula is C22H33N3O3. The minimum absolute atomic E-state index is 0.340. The van der Waals surface area contributed by atoms with Crippen molar-refractivity contribution in [3.05, 3.63) is 35.4 Å². The summed E-state index contributed by atoms with van der Waals surface area (Å²) in [5.74, 6) is 0.996. The van der Waals surface area contributed by atoms with Gasteiger partial charge in [-0.1, -0.05) is 24.3 Å². The summed E-state index contributed by atoms with van der Waals surface area (Å²) in [4.78, 5) is 6.88. The Morgan fingerprint density at radius 3 is 2.64 bits per heavy atom. The molecule has 0 saturated carbocycles. The molecule has 0 radical (unpaired) electrons. The van der Waals surface area contributed by atoms with E-state index in [1.165, 1.54) is 24.0 Å². The number of hydrogen-bond acceptors (Lipinski definition) is 4. The van der Waals surface area contributed by atoms with Crippen molar-refractivity contribution >= 4 is 5.96 Å². The van der Waals surface area contributed by atoms with Crippen LogP contribution in [0.15, 0.2) is 29.3 Å². The molecule has 28 heavy (non-hydrogen) atoms. The molecule has 154 valence electrons. The minimum atomic E-state index is 0.340. The molecule has 3 aliphatic rings. The molecule has 0 aromatic heterocycles. The van der Waals surface area contributed by atoms with E-state index in [0.717, 1.165) is 64.9 Å². The highest BCUT2D eigenvalue weighted by atomic mass is 16.5. The van der Waals surface area contributed by atoms with Crippen LogP contribution in [0.1, 0.15) is 36.8 Å². The molecule has 6 nitrogen and oxygen atoms in total. The van der Waals surface area contributed by atoms with Gasteiger partial charge in [0, 0.05) is 51.9 Å². The third kappa shape index (κ3) is 4.85. The Bertz CT molecular complexity index is 649. The molecule has 1 unspecified atom stereocenters. The van der Waals surface area contributed by atoms with Crippen molar-refractivity contribution in [2.24, 2.45) is 10.4 Å². The zero-order chi connectivity index (χ0) is 19.2. The SMILES string of the molecule is CN=C(NCc1ccc(COC2CCOCC2)cc1)N1CCC2(CCOC2)C1. The van der Waals surface area contributed by atoms with Gasteiger partial charge in [-0.3, -0.25) is 4.99 Å². The van der Waals surface area contributed by atoms with Gasteiger partial charge in [-0.05, 0) is 36.8 Å². The van der Waals surface area contributed by atoms with E-state index in [-0.39, 0.29) is 0 Å². The van der Waals surface area contributed by atoms with Gasteiger partial charge in [0.15, 0.2) is 5.96 Å². The zero-order valence-electron chi connectivity index (χ0n) is 17.0. The summed E-state index contributed by atoms with van der Waals surface area (Å²) in [5.41, 5.74) is 2.83. The number of hydrogen-bond donors (Lipinski definition) is 1. The lowest BCUT2D eigenvalue weighted by molar-refractivity contribution is -0.0390. The molecule has 3 aliphatic heterocycles. The summed E-state index contributed by atoms with van der Waals surface area (Å²) in [6, 6.07) is 8.69. The maximum Gasteiger partial charge on any atom is 0.193 e. The van der Waals surface area contributed by atoms with Gasteiger partial charge in [0.25, 0.3) is 0 Å². The summed E-state index contributed by atoms with van der Waals surface area (Å²) >= 11 is 0. The number of nitrogens with one attached hydrogen (secondary N) is 1. The normalized spacial score (nSPS) is 26.3. The zero-order valence-corrected chi connectivity index (χ0v) is 17.0. The van der Waals surface area contributed by atoms with Crippen LogP contribution in [0.3, 0.4) is 0 Å². The fraction of sp³-hybridized carbons (Fsp3) is 0.682. The van der Waals surface area contributed by atoms with Gasteiger partial charge >= 0.3 is 0 Å². The van der Waals surface area contributed by atoms with Crippen molar-refractivity contribution in [2.75, 3.05) is 46.6 Å². The molecule has 1 N–H and O–H groups in total. The Morgan fingerprint density at radius 1 is 1.14 bits per heavy atom. The van der Waals surface area contributed by atoms with Crippen LogP contribution in [0.5, 0.6) is 0 Å². The van der Waals surface area contributed by atoms with Crippen molar-refractivity contribution in [3.63, 3.8) is 0 Å². The number of benzene rings is 1. The van der Waals surface area contributed by atoms with E-state index < -0.39 is 0 Å². The summed E-state index contributed by atoms with van der Waals surface area (Å²) in [6.45, 7) is 7.03. The molecule has 3 fully saturated rings. The van der Waals surface area contributed by atoms with Gasteiger partial charge in [-0.25, -0.2) is 0 Å². The Kier molecular flexibility index (Phi) is 6.50. The van der Waals surface area contributed by atoms with Crippen LogP contribution in [-0.2, 0) is 27.4 Å². The molecule has 0 bridgehead atoms. The third-order valence-corrected chi connectivity index (χ3v) is 6.26. The topological polar surface area (TPSA) is 55.3 Å². The number of nitrogens with zero attached hydrogens (tertiary/aromatic N) is 2. The molecule has 4 rings (SSSR count).